The second kappa shape index (κ2) is 6.96. The lowest BCUT2D eigenvalue weighted by molar-refractivity contribution is -0.142. The van der Waals surface area contributed by atoms with Gasteiger partial charge in [-0.1, -0.05) is 31.2 Å². The average molecular weight is 382 g/mol. The Morgan fingerprint density at radius 2 is 1.93 bits per heavy atom. The lowest BCUT2D eigenvalue weighted by Crippen LogP contribution is -2.30. The van der Waals surface area contributed by atoms with Gasteiger partial charge in [-0.3, -0.25) is 9.59 Å². The molecule has 8 heteroatoms. The standard InChI is InChI=1S/C19H18N4O3S/c1-12-10-22(11-14(12)19(25)26)18(24)16-20-17(15-8-5-9-27-15)23(21-16)13-6-3-2-4-7-13/h2-9,12,14H,10-11H2,1H3,(H,25,26)/t12-,14-/m1/s1. The second-order valence-electron chi connectivity index (χ2n) is 6.62. The summed E-state index contributed by atoms with van der Waals surface area (Å²) in [5.74, 6) is -1.18. The molecule has 27 heavy (non-hydrogen) atoms. The number of aliphatic carboxylic acids is 1. The van der Waals surface area contributed by atoms with Gasteiger partial charge in [-0.2, -0.15) is 0 Å². The molecule has 1 aliphatic heterocycles. The van der Waals surface area contributed by atoms with Gasteiger partial charge in [0.25, 0.3) is 5.91 Å². The van der Waals surface area contributed by atoms with Crippen molar-refractivity contribution in [3.63, 3.8) is 0 Å². The highest BCUT2D eigenvalue weighted by Gasteiger charge is 2.38. The molecule has 0 spiro atoms. The molecule has 1 aromatic carbocycles. The molecule has 3 aromatic rings. The molecule has 0 bridgehead atoms. The number of hydrogen-bond donors (Lipinski definition) is 1. The first-order valence-corrected chi connectivity index (χ1v) is 9.51. The van der Waals surface area contributed by atoms with Crippen LogP contribution in [0.2, 0.25) is 0 Å². The predicted molar refractivity (Wildman–Crippen MR) is 101 cm³/mol. The van der Waals surface area contributed by atoms with Crippen molar-refractivity contribution in [2.24, 2.45) is 11.8 Å². The molecule has 1 saturated heterocycles. The maximum atomic E-state index is 12.9. The zero-order valence-electron chi connectivity index (χ0n) is 14.6. The number of carboxylic acids is 1. The highest BCUT2D eigenvalue weighted by atomic mass is 32.1. The molecule has 2 aromatic heterocycles. The summed E-state index contributed by atoms with van der Waals surface area (Å²) in [4.78, 5) is 31.2. The summed E-state index contributed by atoms with van der Waals surface area (Å²) in [5, 5.41) is 15.7. The number of benzene rings is 1. The Morgan fingerprint density at radius 1 is 1.15 bits per heavy atom. The van der Waals surface area contributed by atoms with Gasteiger partial charge >= 0.3 is 5.97 Å². The van der Waals surface area contributed by atoms with Crippen LogP contribution in [0.15, 0.2) is 47.8 Å². The molecule has 4 rings (SSSR count). The van der Waals surface area contributed by atoms with Crippen molar-refractivity contribution < 1.29 is 14.7 Å². The van der Waals surface area contributed by atoms with Crippen LogP contribution in [-0.2, 0) is 4.79 Å². The molecule has 7 nitrogen and oxygen atoms in total. The van der Waals surface area contributed by atoms with Crippen LogP contribution in [0.1, 0.15) is 17.5 Å². The van der Waals surface area contributed by atoms with Crippen molar-refractivity contribution in [3.8, 4) is 16.4 Å². The number of para-hydroxylation sites is 1. The molecular formula is C19H18N4O3S. The van der Waals surface area contributed by atoms with Crippen molar-refractivity contribution in [2.75, 3.05) is 13.1 Å². The molecule has 0 saturated carbocycles. The van der Waals surface area contributed by atoms with Crippen molar-refractivity contribution in [2.45, 2.75) is 6.92 Å². The van der Waals surface area contributed by atoms with E-state index in [1.165, 1.54) is 16.2 Å². The zero-order chi connectivity index (χ0) is 19.0. The maximum absolute atomic E-state index is 12.9. The van der Waals surface area contributed by atoms with Crippen LogP contribution in [0.4, 0.5) is 0 Å². The van der Waals surface area contributed by atoms with E-state index < -0.39 is 11.9 Å². The van der Waals surface area contributed by atoms with E-state index in [9.17, 15) is 14.7 Å². The summed E-state index contributed by atoms with van der Waals surface area (Å²) >= 11 is 1.52. The van der Waals surface area contributed by atoms with Crippen LogP contribution in [0.3, 0.4) is 0 Å². The summed E-state index contributed by atoms with van der Waals surface area (Å²) < 4.78 is 1.66. The monoisotopic (exact) mass is 382 g/mol. The first kappa shape index (κ1) is 17.4. The Labute approximate surface area is 159 Å². The van der Waals surface area contributed by atoms with Gasteiger partial charge in [0.15, 0.2) is 5.82 Å². The SMILES string of the molecule is C[C@@H]1CN(C(=O)c2nc(-c3cccs3)n(-c3ccccc3)n2)C[C@H]1C(=O)O. The van der Waals surface area contributed by atoms with Gasteiger partial charge in [0.05, 0.1) is 16.5 Å². The Hall–Kier alpha value is -3.00. The number of aromatic nitrogens is 3. The fourth-order valence-corrected chi connectivity index (χ4v) is 4.01. The summed E-state index contributed by atoms with van der Waals surface area (Å²) in [6.45, 7) is 2.42. The molecule has 0 unspecified atom stereocenters. The van der Waals surface area contributed by atoms with E-state index >= 15 is 0 Å². The molecule has 1 fully saturated rings. The van der Waals surface area contributed by atoms with E-state index in [4.69, 9.17) is 0 Å². The molecule has 1 N–H and O–H groups in total. The van der Waals surface area contributed by atoms with Gasteiger partial charge < -0.3 is 10.0 Å². The largest absolute Gasteiger partial charge is 0.481 e. The Kier molecular flexibility index (Phi) is 4.49. The van der Waals surface area contributed by atoms with E-state index in [1.807, 2.05) is 54.8 Å². The number of nitrogens with zero attached hydrogens (tertiary/aromatic N) is 4. The lowest BCUT2D eigenvalue weighted by Gasteiger charge is -2.13. The van der Waals surface area contributed by atoms with Crippen LogP contribution in [0.5, 0.6) is 0 Å². The number of rotatable bonds is 4. The summed E-state index contributed by atoms with van der Waals surface area (Å²) in [6.07, 6.45) is 0. The fourth-order valence-electron chi connectivity index (χ4n) is 3.31. The van der Waals surface area contributed by atoms with Crippen LogP contribution < -0.4 is 0 Å². The molecule has 1 amide bonds. The highest BCUT2D eigenvalue weighted by molar-refractivity contribution is 7.13. The Balaban J connectivity index is 1.70. The zero-order valence-corrected chi connectivity index (χ0v) is 15.5. The first-order chi connectivity index (χ1) is 13.0. The third-order valence-electron chi connectivity index (χ3n) is 4.76. The minimum Gasteiger partial charge on any atom is -0.481 e. The molecule has 3 heterocycles. The van der Waals surface area contributed by atoms with E-state index in [2.05, 4.69) is 10.1 Å². The Morgan fingerprint density at radius 3 is 2.56 bits per heavy atom. The van der Waals surface area contributed by atoms with Gasteiger partial charge in [0.1, 0.15) is 0 Å². The highest BCUT2D eigenvalue weighted by Crippen LogP contribution is 2.28. The van der Waals surface area contributed by atoms with Crippen LogP contribution >= 0.6 is 11.3 Å². The predicted octanol–water partition coefficient (Wildman–Crippen LogP) is 2.79. The van der Waals surface area contributed by atoms with Gasteiger partial charge in [0.2, 0.25) is 5.82 Å². The maximum Gasteiger partial charge on any atom is 0.308 e. The van der Waals surface area contributed by atoms with Gasteiger partial charge in [-0.25, -0.2) is 9.67 Å². The second-order valence-corrected chi connectivity index (χ2v) is 7.56. The lowest BCUT2D eigenvalue weighted by atomic mass is 9.99. The van der Waals surface area contributed by atoms with Crippen molar-refractivity contribution >= 4 is 23.2 Å². The third-order valence-corrected chi connectivity index (χ3v) is 5.62. The van der Waals surface area contributed by atoms with Crippen molar-refractivity contribution in [3.05, 3.63) is 53.7 Å². The normalized spacial score (nSPS) is 19.4. The van der Waals surface area contributed by atoms with E-state index in [0.717, 1.165) is 10.6 Å². The minimum atomic E-state index is -0.875. The molecule has 138 valence electrons. The fraction of sp³-hybridized carbons (Fsp3) is 0.263. The van der Waals surface area contributed by atoms with Gasteiger partial charge in [-0.15, -0.1) is 16.4 Å². The van der Waals surface area contributed by atoms with E-state index in [-0.39, 0.29) is 24.2 Å². The number of likely N-dealkylation sites (tertiary alicyclic amines) is 1. The third kappa shape index (κ3) is 3.23. The van der Waals surface area contributed by atoms with Gasteiger partial charge in [0, 0.05) is 13.1 Å². The number of amides is 1. The summed E-state index contributed by atoms with van der Waals surface area (Å²) in [6, 6.07) is 13.4. The smallest absolute Gasteiger partial charge is 0.308 e. The van der Waals surface area contributed by atoms with Crippen LogP contribution in [-0.4, -0.2) is 49.7 Å². The molecule has 0 radical (unpaired) electrons. The van der Waals surface area contributed by atoms with Crippen molar-refractivity contribution in [1.82, 2.24) is 19.7 Å². The first-order valence-electron chi connectivity index (χ1n) is 8.63. The Bertz CT molecular complexity index is 968. The summed E-state index contributed by atoms with van der Waals surface area (Å²) in [7, 11) is 0. The number of thiophene rings is 1. The van der Waals surface area contributed by atoms with Gasteiger partial charge in [-0.05, 0) is 29.5 Å². The van der Waals surface area contributed by atoms with Crippen LogP contribution in [0.25, 0.3) is 16.4 Å². The van der Waals surface area contributed by atoms with E-state index in [0.29, 0.717) is 12.4 Å². The van der Waals surface area contributed by atoms with Crippen molar-refractivity contribution in [1.29, 1.82) is 0 Å². The number of carboxylic acid groups (broad SMARTS) is 1. The molecule has 1 aliphatic rings. The number of hydrogen-bond acceptors (Lipinski definition) is 5. The van der Waals surface area contributed by atoms with Crippen LogP contribution in [0, 0.1) is 11.8 Å². The number of carbonyl (C=O) groups is 2. The molecule has 0 aliphatic carbocycles. The van der Waals surface area contributed by atoms with E-state index in [1.54, 1.807) is 4.68 Å². The quantitative estimate of drug-likeness (QED) is 0.750. The molecular weight excluding hydrogens is 364 g/mol. The molecule has 2 atom stereocenters. The topological polar surface area (TPSA) is 88.3 Å². The number of carbonyl (C=O) groups excluding carboxylic acids is 1. The summed E-state index contributed by atoms with van der Waals surface area (Å²) in [5.41, 5.74) is 0.811. The minimum absolute atomic E-state index is 0.0838. The average Bonchev–Trinajstić information content (AvgIpc) is 3.40.